The highest BCUT2D eigenvalue weighted by Gasteiger charge is 2.15. The SMILES string of the molecule is COC(=O)c1ccc2c(c1)sc(=NC(=O)CCCS(=O)(=O)c1ccc(Cl)cc1)n2C. The average molecular weight is 467 g/mol. The number of rotatable bonds is 6. The molecule has 0 atom stereocenters. The molecule has 0 radical (unpaired) electrons. The molecule has 0 aliphatic carbocycles. The number of sulfone groups is 1. The van der Waals surface area contributed by atoms with E-state index >= 15 is 0 Å². The fourth-order valence-corrected chi connectivity index (χ4v) is 5.33. The van der Waals surface area contributed by atoms with E-state index in [1.165, 1.54) is 42.7 Å². The maximum absolute atomic E-state index is 12.3. The summed E-state index contributed by atoms with van der Waals surface area (Å²) in [5.41, 5.74) is 1.24. The number of fused-ring (bicyclic) bond motifs is 1. The van der Waals surface area contributed by atoms with Gasteiger partial charge in [-0.1, -0.05) is 22.9 Å². The number of nitrogens with zero attached hydrogens (tertiary/aromatic N) is 2. The summed E-state index contributed by atoms with van der Waals surface area (Å²) in [6, 6.07) is 11.0. The van der Waals surface area contributed by atoms with E-state index in [0.29, 0.717) is 15.4 Å². The molecule has 0 saturated heterocycles. The number of benzene rings is 2. The predicted molar refractivity (Wildman–Crippen MR) is 115 cm³/mol. The molecule has 0 saturated carbocycles. The van der Waals surface area contributed by atoms with Gasteiger partial charge in [0.15, 0.2) is 14.6 Å². The van der Waals surface area contributed by atoms with Crippen LogP contribution < -0.4 is 4.80 Å². The summed E-state index contributed by atoms with van der Waals surface area (Å²) in [5.74, 6) is -1.00. The molecule has 158 valence electrons. The highest BCUT2D eigenvalue weighted by Crippen LogP contribution is 2.19. The summed E-state index contributed by atoms with van der Waals surface area (Å²) in [7, 11) is -0.404. The van der Waals surface area contributed by atoms with Gasteiger partial charge in [0.1, 0.15) is 0 Å². The van der Waals surface area contributed by atoms with Crippen molar-refractivity contribution >= 4 is 54.9 Å². The Morgan fingerprint density at radius 3 is 2.53 bits per heavy atom. The molecule has 0 unspecified atom stereocenters. The Kier molecular flexibility index (Phi) is 6.74. The van der Waals surface area contributed by atoms with Gasteiger partial charge in [-0.05, 0) is 48.9 Å². The van der Waals surface area contributed by atoms with Crippen molar-refractivity contribution < 1.29 is 22.7 Å². The van der Waals surface area contributed by atoms with Crippen molar-refractivity contribution in [2.75, 3.05) is 12.9 Å². The summed E-state index contributed by atoms with van der Waals surface area (Å²) >= 11 is 7.05. The minimum absolute atomic E-state index is 0.00841. The van der Waals surface area contributed by atoms with E-state index in [2.05, 4.69) is 4.99 Å². The van der Waals surface area contributed by atoms with Crippen molar-refractivity contribution in [3.63, 3.8) is 0 Å². The fraction of sp³-hybridized carbons (Fsp3) is 0.250. The third-order valence-corrected chi connectivity index (χ3v) is 7.59. The number of hydrogen-bond donors (Lipinski definition) is 0. The Balaban J connectivity index is 1.71. The highest BCUT2D eigenvalue weighted by molar-refractivity contribution is 7.91. The molecular weight excluding hydrogens is 448 g/mol. The Morgan fingerprint density at radius 2 is 1.87 bits per heavy atom. The van der Waals surface area contributed by atoms with Crippen molar-refractivity contribution in [2.24, 2.45) is 12.0 Å². The molecule has 0 spiro atoms. The molecule has 1 amide bonds. The number of aromatic nitrogens is 1. The van der Waals surface area contributed by atoms with Crippen molar-refractivity contribution in [3.05, 3.63) is 57.9 Å². The van der Waals surface area contributed by atoms with Gasteiger partial charge in [-0.3, -0.25) is 4.79 Å². The van der Waals surface area contributed by atoms with Crippen LogP contribution in [-0.4, -0.2) is 37.7 Å². The summed E-state index contributed by atoms with van der Waals surface area (Å²) in [4.78, 5) is 28.7. The van der Waals surface area contributed by atoms with Crippen LogP contribution in [0.3, 0.4) is 0 Å². The molecule has 1 aromatic heterocycles. The van der Waals surface area contributed by atoms with Crippen LogP contribution in [-0.2, 0) is 26.4 Å². The Labute approximate surface area is 182 Å². The molecule has 2 aromatic carbocycles. The minimum atomic E-state index is -3.49. The number of methoxy groups -OCH3 is 1. The van der Waals surface area contributed by atoms with Gasteiger partial charge >= 0.3 is 5.97 Å². The van der Waals surface area contributed by atoms with Gasteiger partial charge in [-0.25, -0.2) is 13.2 Å². The molecule has 0 fully saturated rings. The first-order valence-electron chi connectivity index (χ1n) is 8.95. The summed E-state index contributed by atoms with van der Waals surface area (Å²) in [6.45, 7) is 0. The van der Waals surface area contributed by atoms with Gasteiger partial charge in [0, 0.05) is 18.5 Å². The average Bonchev–Trinajstić information content (AvgIpc) is 3.02. The van der Waals surface area contributed by atoms with E-state index in [0.717, 1.165) is 10.2 Å². The molecule has 10 heteroatoms. The van der Waals surface area contributed by atoms with Crippen LogP contribution in [0.15, 0.2) is 52.4 Å². The van der Waals surface area contributed by atoms with Crippen LogP contribution in [0.4, 0.5) is 0 Å². The van der Waals surface area contributed by atoms with Crippen molar-refractivity contribution in [1.29, 1.82) is 0 Å². The summed E-state index contributed by atoms with van der Waals surface area (Å²) in [6.07, 6.45) is 0.170. The van der Waals surface area contributed by atoms with Crippen LogP contribution in [0.25, 0.3) is 10.2 Å². The number of aryl methyl sites for hydroxylation is 1. The lowest BCUT2D eigenvalue weighted by molar-refractivity contribution is -0.118. The van der Waals surface area contributed by atoms with Gasteiger partial charge in [-0.15, -0.1) is 0 Å². The Bertz CT molecular complexity index is 1270. The normalized spacial score (nSPS) is 12.3. The third-order valence-electron chi connectivity index (χ3n) is 4.43. The standard InChI is InChI=1S/C20H19ClN2O5S2/c1-23-16-10-5-13(19(25)28-2)12-17(16)29-20(23)22-18(24)4-3-11-30(26,27)15-8-6-14(21)7-9-15/h5-10,12H,3-4,11H2,1-2H3. The molecule has 3 rings (SSSR count). The zero-order chi connectivity index (χ0) is 21.9. The van der Waals surface area contributed by atoms with Crippen LogP contribution >= 0.6 is 22.9 Å². The molecule has 0 N–H and O–H groups in total. The first-order valence-corrected chi connectivity index (χ1v) is 11.8. The van der Waals surface area contributed by atoms with Crippen LogP contribution in [0.5, 0.6) is 0 Å². The first kappa shape index (κ1) is 22.2. The van der Waals surface area contributed by atoms with Crippen molar-refractivity contribution in [2.45, 2.75) is 17.7 Å². The van der Waals surface area contributed by atoms with Crippen molar-refractivity contribution in [3.8, 4) is 0 Å². The molecule has 0 aliphatic rings. The van der Waals surface area contributed by atoms with Gasteiger partial charge in [0.05, 0.1) is 33.5 Å². The molecule has 3 aromatic rings. The lowest BCUT2D eigenvalue weighted by atomic mass is 10.2. The molecule has 0 aliphatic heterocycles. The third kappa shape index (κ3) is 4.97. The monoisotopic (exact) mass is 466 g/mol. The largest absolute Gasteiger partial charge is 0.465 e. The quantitative estimate of drug-likeness (QED) is 0.519. The number of carbonyl (C=O) groups excluding carboxylic acids is 2. The number of carbonyl (C=O) groups is 2. The van der Waals surface area contributed by atoms with E-state index in [9.17, 15) is 18.0 Å². The second-order valence-corrected chi connectivity index (χ2v) is 10.1. The zero-order valence-corrected chi connectivity index (χ0v) is 18.7. The van der Waals surface area contributed by atoms with Gasteiger partial charge in [0.25, 0.3) is 0 Å². The Hall–Kier alpha value is -2.49. The molecule has 7 nitrogen and oxygen atoms in total. The first-order chi connectivity index (χ1) is 14.2. The zero-order valence-electron chi connectivity index (χ0n) is 16.3. The summed E-state index contributed by atoms with van der Waals surface area (Å²) < 4.78 is 31.9. The highest BCUT2D eigenvalue weighted by atomic mass is 35.5. The topological polar surface area (TPSA) is 94.8 Å². The predicted octanol–water partition coefficient (Wildman–Crippen LogP) is 3.36. The number of amides is 1. The molecule has 0 bridgehead atoms. The number of thiazole rings is 1. The van der Waals surface area contributed by atoms with Crippen LogP contribution in [0, 0.1) is 0 Å². The molecule has 1 heterocycles. The van der Waals surface area contributed by atoms with Crippen molar-refractivity contribution in [1.82, 2.24) is 4.57 Å². The number of esters is 1. The smallest absolute Gasteiger partial charge is 0.337 e. The minimum Gasteiger partial charge on any atom is -0.465 e. The fourth-order valence-electron chi connectivity index (χ4n) is 2.82. The second kappa shape index (κ2) is 9.11. The van der Waals surface area contributed by atoms with Crippen LogP contribution in [0.1, 0.15) is 23.2 Å². The van der Waals surface area contributed by atoms with Gasteiger partial charge < -0.3 is 9.30 Å². The van der Waals surface area contributed by atoms with Crippen LogP contribution in [0.2, 0.25) is 5.02 Å². The van der Waals surface area contributed by atoms with E-state index in [1.54, 1.807) is 29.8 Å². The van der Waals surface area contributed by atoms with Gasteiger partial charge in [-0.2, -0.15) is 4.99 Å². The maximum atomic E-state index is 12.3. The van der Waals surface area contributed by atoms with Gasteiger partial charge in [0.2, 0.25) is 5.91 Å². The van der Waals surface area contributed by atoms with E-state index in [4.69, 9.17) is 16.3 Å². The number of ether oxygens (including phenoxy) is 1. The van der Waals surface area contributed by atoms with E-state index in [1.807, 2.05) is 0 Å². The number of halogens is 1. The number of hydrogen-bond acceptors (Lipinski definition) is 6. The maximum Gasteiger partial charge on any atom is 0.337 e. The summed E-state index contributed by atoms with van der Waals surface area (Å²) in [5, 5.41) is 0.456. The molecular formula is C20H19ClN2O5S2. The van der Waals surface area contributed by atoms with E-state index in [-0.39, 0.29) is 23.5 Å². The lowest BCUT2D eigenvalue weighted by Gasteiger charge is -2.03. The van der Waals surface area contributed by atoms with E-state index < -0.39 is 21.7 Å². The Morgan fingerprint density at radius 1 is 1.17 bits per heavy atom. The molecule has 30 heavy (non-hydrogen) atoms. The lowest BCUT2D eigenvalue weighted by Crippen LogP contribution is -2.14. The second-order valence-electron chi connectivity index (χ2n) is 6.50.